The van der Waals surface area contributed by atoms with Gasteiger partial charge in [-0.15, -0.1) is 0 Å². The minimum Gasteiger partial charge on any atom is -0.207 e. The molecule has 3 heteroatoms. The standard InChI is InChI=1S/C46H55FN2/c1-10-13-15-32-19-20-36-40-34(32)24-27-49-43(40)41-37(21-22-38(47)42(41)44(36,6)7)45(8,11-2)46(49,12-3)25-14-16-33-18-17-30(4)28-35(33)39-29-31(5)23-26-48(39)9/h17-24,26-29H,10-16,25H2,1-9H3/q+2. The number of benzene rings is 3. The van der Waals surface area contributed by atoms with Crippen molar-refractivity contribution in [3.8, 4) is 22.5 Å². The van der Waals surface area contributed by atoms with Crippen molar-refractivity contribution in [1.82, 2.24) is 0 Å². The zero-order chi connectivity index (χ0) is 34.9. The molecule has 0 amide bonds. The maximum Gasteiger partial charge on any atom is 0.221 e. The van der Waals surface area contributed by atoms with Crippen LogP contribution in [0.25, 0.3) is 33.3 Å². The Labute approximate surface area is 294 Å². The van der Waals surface area contributed by atoms with Gasteiger partial charge in [0.25, 0.3) is 0 Å². The maximum atomic E-state index is 16.3. The third kappa shape index (κ3) is 4.85. The molecule has 0 N–H and O–H groups in total. The van der Waals surface area contributed by atoms with Crippen molar-refractivity contribution in [3.63, 3.8) is 0 Å². The van der Waals surface area contributed by atoms with Crippen LogP contribution in [-0.4, -0.2) is 0 Å². The van der Waals surface area contributed by atoms with Crippen molar-refractivity contribution >= 4 is 10.8 Å². The van der Waals surface area contributed by atoms with Crippen LogP contribution in [0.3, 0.4) is 0 Å². The first-order chi connectivity index (χ1) is 23.4. The molecular weight excluding hydrogens is 600 g/mol. The lowest BCUT2D eigenvalue weighted by atomic mass is 9.55. The molecule has 2 atom stereocenters. The van der Waals surface area contributed by atoms with E-state index >= 15 is 4.39 Å². The maximum absolute atomic E-state index is 16.3. The minimum atomic E-state index is -0.433. The van der Waals surface area contributed by atoms with Gasteiger partial charge in [0.05, 0.1) is 16.4 Å². The fourth-order valence-electron chi connectivity index (χ4n) is 10.0. The number of aromatic nitrogens is 2. The summed E-state index contributed by atoms with van der Waals surface area (Å²) in [5.74, 6) is -0.0772. The third-order valence-corrected chi connectivity index (χ3v) is 13.0. The largest absolute Gasteiger partial charge is 0.221 e. The van der Waals surface area contributed by atoms with Gasteiger partial charge in [-0.1, -0.05) is 76.9 Å². The van der Waals surface area contributed by atoms with Crippen molar-refractivity contribution in [3.05, 3.63) is 118 Å². The smallest absolute Gasteiger partial charge is 0.207 e. The minimum absolute atomic E-state index is 0.0772. The van der Waals surface area contributed by atoms with Gasteiger partial charge in [-0.2, -0.15) is 4.57 Å². The fraction of sp³-hybridized carbons (Fsp3) is 0.435. The fourth-order valence-corrected chi connectivity index (χ4v) is 10.0. The van der Waals surface area contributed by atoms with Gasteiger partial charge >= 0.3 is 0 Å². The van der Waals surface area contributed by atoms with Gasteiger partial charge in [0.2, 0.25) is 11.4 Å². The van der Waals surface area contributed by atoms with Crippen LogP contribution in [0.1, 0.15) is 119 Å². The highest BCUT2D eigenvalue weighted by Crippen LogP contribution is 2.59. The van der Waals surface area contributed by atoms with Gasteiger partial charge in [-0.3, -0.25) is 0 Å². The number of pyridine rings is 2. The summed E-state index contributed by atoms with van der Waals surface area (Å²) in [7, 11) is 2.15. The van der Waals surface area contributed by atoms with Crippen molar-refractivity contribution < 1.29 is 13.5 Å². The molecule has 2 nitrogen and oxygen atoms in total. The number of hydrogen-bond donors (Lipinski definition) is 0. The lowest BCUT2D eigenvalue weighted by Crippen LogP contribution is -2.69. The molecule has 0 bridgehead atoms. The predicted molar refractivity (Wildman–Crippen MR) is 202 cm³/mol. The molecule has 2 unspecified atom stereocenters. The molecule has 0 fully saturated rings. The quantitative estimate of drug-likeness (QED) is 0.132. The van der Waals surface area contributed by atoms with E-state index in [0.29, 0.717) is 0 Å². The molecule has 0 radical (unpaired) electrons. The van der Waals surface area contributed by atoms with Crippen molar-refractivity contribution in [1.29, 1.82) is 0 Å². The highest BCUT2D eigenvalue weighted by Gasteiger charge is 2.61. The topological polar surface area (TPSA) is 7.76 Å². The Hall–Kier alpha value is -3.85. The molecule has 0 spiro atoms. The third-order valence-electron chi connectivity index (χ3n) is 13.0. The van der Waals surface area contributed by atoms with E-state index in [1.54, 1.807) is 6.07 Å². The molecule has 7 rings (SSSR count). The van der Waals surface area contributed by atoms with Gasteiger partial charge < -0.3 is 0 Å². The second-order valence-electron chi connectivity index (χ2n) is 16.0. The Bertz CT molecular complexity index is 2110. The number of halogens is 1. The molecule has 1 aliphatic heterocycles. The molecule has 2 aromatic heterocycles. The highest BCUT2D eigenvalue weighted by atomic mass is 19.1. The Morgan fingerprint density at radius 2 is 1.45 bits per heavy atom. The van der Waals surface area contributed by atoms with Gasteiger partial charge in [-0.25, -0.2) is 8.96 Å². The van der Waals surface area contributed by atoms with Gasteiger partial charge in [0, 0.05) is 47.6 Å². The number of nitrogens with zero attached hydrogens (tertiary/aromatic N) is 2. The Morgan fingerprint density at radius 1 is 0.735 bits per heavy atom. The van der Waals surface area contributed by atoms with Crippen LogP contribution in [0.4, 0.5) is 4.39 Å². The van der Waals surface area contributed by atoms with E-state index in [1.165, 1.54) is 73.9 Å². The summed E-state index contributed by atoms with van der Waals surface area (Å²) in [5.41, 5.74) is 13.1. The first-order valence-electron chi connectivity index (χ1n) is 18.8. The van der Waals surface area contributed by atoms with Crippen molar-refractivity contribution in [2.45, 2.75) is 123 Å². The second kappa shape index (κ2) is 12.2. The first-order valence-corrected chi connectivity index (χ1v) is 18.8. The van der Waals surface area contributed by atoms with E-state index in [9.17, 15) is 0 Å². The van der Waals surface area contributed by atoms with Crippen LogP contribution in [0.15, 0.2) is 73.1 Å². The van der Waals surface area contributed by atoms with Crippen LogP contribution in [-0.2, 0) is 36.3 Å². The molecule has 0 saturated carbocycles. The monoisotopic (exact) mass is 654 g/mol. The van der Waals surface area contributed by atoms with Gasteiger partial charge in [0.15, 0.2) is 17.9 Å². The zero-order valence-electron chi connectivity index (χ0n) is 31.4. The molecule has 254 valence electrons. The van der Waals surface area contributed by atoms with Gasteiger partial charge in [0.1, 0.15) is 12.9 Å². The van der Waals surface area contributed by atoms with Crippen molar-refractivity contribution in [2.24, 2.45) is 7.05 Å². The molecule has 1 aliphatic carbocycles. The van der Waals surface area contributed by atoms with E-state index < -0.39 is 5.41 Å². The molecule has 3 heterocycles. The van der Waals surface area contributed by atoms with Crippen LogP contribution in [0, 0.1) is 19.7 Å². The van der Waals surface area contributed by atoms with Crippen LogP contribution in [0.2, 0.25) is 0 Å². The zero-order valence-corrected chi connectivity index (χ0v) is 31.4. The van der Waals surface area contributed by atoms with Crippen LogP contribution in [0.5, 0.6) is 0 Å². The normalized spacial score (nSPS) is 20.2. The molecular formula is C46H55FN2+2. The Balaban J connectivity index is 1.42. The average molecular weight is 655 g/mol. The lowest BCUT2D eigenvalue weighted by Gasteiger charge is -2.50. The summed E-state index contributed by atoms with van der Waals surface area (Å²) in [4.78, 5) is 0. The molecule has 49 heavy (non-hydrogen) atoms. The number of rotatable bonds is 10. The Kier molecular flexibility index (Phi) is 8.36. The van der Waals surface area contributed by atoms with E-state index in [2.05, 4.69) is 139 Å². The Morgan fingerprint density at radius 3 is 2.18 bits per heavy atom. The molecule has 5 aromatic rings. The SMILES string of the molecule is CCCCc1ccc2c3c4[n+](ccc13)C(CC)(CCCc1ccc(C)cc1-c1cc(C)cc[n+]1C)C(C)(CC)c1ccc(F)c(c1-4)C2(C)C. The van der Waals surface area contributed by atoms with E-state index in [4.69, 9.17) is 0 Å². The number of unbranched alkanes of at least 4 members (excludes halogenated alkanes) is 1. The summed E-state index contributed by atoms with van der Waals surface area (Å²) in [6.45, 7) is 18.4. The summed E-state index contributed by atoms with van der Waals surface area (Å²) < 4.78 is 21.2. The van der Waals surface area contributed by atoms with Crippen LogP contribution >= 0.6 is 0 Å². The van der Waals surface area contributed by atoms with E-state index in [0.717, 1.165) is 49.7 Å². The summed E-state index contributed by atoms with van der Waals surface area (Å²) in [5, 5.41) is 2.70. The molecule has 3 aromatic carbocycles. The summed E-state index contributed by atoms with van der Waals surface area (Å²) >= 11 is 0. The van der Waals surface area contributed by atoms with Crippen LogP contribution < -0.4 is 9.13 Å². The summed E-state index contributed by atoms with van der Waals surface area (Å²) in [6.07, 6.45) is 13.1. The first kappa shape index (κ1) is 33.6. The summed E-state index contributed by atoms with van der Waals surface area (Å²) in [6, 6.07) is 22.5. The average Bonchev–Trinajstić information content (AvgIpc) is 3.09. The number of aryl methyl sites for hydroxylation is 5. The number of hydrogen-bond acceptors (Lipinski definition) is 0. The highest BCUT2D eigenvalue weighted by molar-refractivity contribution is 6.02. The van der Waals surface area contributed by atoms with Crippen molar-refractivity contribution in [2.75, 3.05) is 0 Å². The second-order valence-corrected chi connectivity index (χ2v) is 16.0. The van der Waals surface area contributed by atoms with Gasteiger partial charge in [-0.05, 0) is 98.2 Å². The molecule has 2 aliphatic rings. The van der Waals surface area contributed by atoms with E-state index in [1.807, 2.05) is 0 Å². The lowest BCUT2D eigenvalue weighted by molar-refractivity contribution is -0.769. The van der Waals surface area contributed by atoms with E-state index in [-0.39, 0.29) is 16.8 Å². The predicted octanol–water partition coefficient (Wildman–Crippen LogP) is 10.8. The molecule has 0 saturated heterocycles.